The lowest BCUT2D eigenvalue weighted by atomic mass is 10.2. The van der Waals surface area contributed by atoms with Crippen LogP contribution in [0.4, 0.5) is 0 Å². The van der Waals surface area contributed by atoms with E-state index in [0.29, 0.717) is 26.2 Å². The van der Waals surface area contributed by atoms with Crippen molar-refractivity contribution in [1.29, 1.82) is 0 Å². The fourth-order valence-corrected chi connectivity index (χ4v) is 1.55. The molecule has 5 nitrogen and oxygen atoms in total. The van der Waals surface area contributed by atoms with Gasteiger partial charge in [0.25, 0.3) is 0 Å². The fraction of sp³-hybridized carbons (Fsp3) is 0.900. The molecular weight excluding hydrogens is 310 g/mol. The normalized spacial score (nSPS) is 12.5. The number of carbonyl (C=O) groups excluding carboxylic acids is 1. The predicted octanol–water partition coefficient (Wildman–Crippen LogP) is 0.727. The SMILES string of the molecule is CC(C)(C(=O)NCCCOCCBr)S(C)(=O)=O. The van der Waals surface area contributed by atoms with Crippen LogP contribution in [0.5, 0.6) is 0 Å². The van der Waals surface area contributed by atoms with Crippen molar-refractivity contribution in [3.05, 3.63) is 0 Å². The number of halogens is 1. The van der Waals surface area contributed by atoms with E-state index in [1.165, 1.54) is 13.8 Å². The van der Waals surface area contributed by atoms with Crippen LogP contribution in [-0.2, 0) is 19.4 Å². The third-order valence-corrected chi connectivity index (χ3v) is 4.81. The summed E-state index contributed by atoms with van der Waals surface area (Å²) in [5.41, 5.74) is 0. The number of alkyl halides is 1. The molecule has 0 aromatic heterocycles. The van der Waals surface area contributed by atoms with Gasteiger partial charge < -0.3 is 10.1 Å². The number of carbonyl (C=O) groups is 1. The Kier molecular flexibility index (Phi) is 7.27. The second kappa shape index (κ2) is 7.33. The summed E-state index contributed by atoms with van der Waals surface area (Å²) in [6.45, 7) is 4.39. The molecule has 0 fully saturated rings. The lowest BCUT2D eigenvalue weighted by Crippen LogP contribution is -2.47. The lowest BCUT2D eigenvalue weighted by Gasteiger charge is -2.21. The van der Waals surface area contributed by atoms with E-state index in [1.807, 2.05) is 0 Å². The first-order valence-corrected chi connectivity index (χ1v) is 8.36. The predicted molar refractivity (Wildman–Crippen MR) is 71.2 cm³/mol. The van der Waals surface area contributed by atoms with Crippen LogP contribution in [-0.4, -0.2) is 50.4 Å². The van der Waals surface area contributed by atoms with E-state index in [2.05, 4.69) is 21.2 Å². The van der Waals surface area contributed by atoms with E-state index >= 15 is 0 Å². The maximum atomic E-state index is 11.7. The van der Waals surface area contributed by atoms with Crippen LogP contribution in [0.1, 0.15) is 20.3 Å². The van der Waals surface area contributed by atoms with Gasteiger partial charge in [-0.25, -0.2) is 8.42 Å². The molecule has 0 atom stereocenters. The number of hydrogen-bond acceptors (Lipinski definition) is 4. The molecule has 0 aromatic rings. The molecule has 1 N–H and O–H groups in total. The molecule has 0 saturated heterocycles. The number of hydrogen-bond donors (Lipinski definition) is 1. The summed E-state index contributed by atoms with van der Waals surface area (Å²) < 4.78 is 26.6. The molecule has 0 unspecified atom stereocenters. The molecule has 0 rings (SSSR count). The Balaban J connectivity index is 3.96. The minimum Gasteiger partial charge on any atom is -0.381 e. The zero-order valence-electron chi connectivity index (χ0n) is 10.5. The topological polar surface area (TPSA) is 72.5 Å². The first-order valence-electron chi connectivity index (χ1n) is 5.35. The van der Waals surface area contributed by atoms with Gasteiger partial charge in [0.1, 0.15) is 4.75 Å². The van der Waals surface area contributed by atoms with Gasteiger partial charge in [-0.2, -0.15) is 0 Å². The fourth-order valence-electron chi connectivity index (χ4n) is 0.914. The lowest BCUT2D eigenvalue weighted by molar-refractivity contribution is -0.122. The molecular formula is C10H20BrNO4S. The summed E-state index contributed by atoms with van der Waals surface area (Å²) in [5, 5.41) is 3.37. The van der Waals surface area contributed by atoms with Crippen molar-refractivity contribution in [3.8, 4) is 0 Å². The van der Waals surface area contributed by atoms with Gasteiger partial charge in [-0.15, -0.1) is 0 Å². The highest BCUT2D eigenvalue weighted by atomic mass is 79.9. The van der Waals surface area contributed by atoms with Gasteiger partial charge in [0.2, 0.25) is 5.91 Å². The number of nitrogens with one attached hydrogen (secondary N) is 1. The molecule has 1 amide bonds. The van der Waals surface area contributed by atoms with E-state index in [-0.39, 0.29) is 0 Å². The zero-order chi connectivity index (χ0) is 13.5. The molecule has 0 aliphatic heterocycles. The van der Waals surface area contributed by atoms with Gasteiger partial charge in [0.15, 0.2) is 9.84 Å². The van der Waals surface area contributed by atoms with E-state index < -0.39 is 20.5 Å². The van der Waals surface area contributed by atoms with Gasteiger partial charge in [0, 0.05) is 24.7 Å². The molecule has 0 spiro atoms. The average molecular weight is 330 g/mol. The average Bonchev–Trinajstić information content (AvgIpc) is 2.21. The molecule has 0 saturated carbocycles. The Hall–Kier alpha value is -0.140. The summed E-state index contributed by atoms with van der Waals surface area (Å²) in [4.78, 5) is 11.7. The van der Waals surface area contributed by atoms with Crippen molar-refractivity contribution >= 4 is 31.7 Å². The monoisotopic (exact) mass is 329 g/mol. The molecule has 0 aliphatic carbocycles. The molecule has 0 aliphatic rings. The van der Waals surface area contributed by atoms with Crippen molar-refractivity contribution in [2.45, 2.75) is 25.0 Å². The van der Waals surface area contributed by atoms with E-state index in [1.54, 1.807) is 0 Å². The molecule has 7 heteroatoms. The summed E-state index contributed by atoms with van der Waals surface area (Å²) in [6, 6.07) is 0. The highest BCUT2D eigenvalue weighted by Crippen LogP contribution is 2.14. The van der Waals surface area contributed by atoms with Crippen LogP contribution >= 0.6 is 15.9 Å². The van der Waals surface area contributed by atoms with Crippen LogP contribution in [0, 0.1) is 0 Å². The first kappa shape index (κ1) is 16.9. The second-order valence-corrected chi connectivity index (χ2v) is 7.55. The Morgan fingerprint density at radius 3 is 2.41 bits per heavy atom. The second-order valence-electron chi connectivity index (χ2n) is 4.19. The summed E-state index contributed by atoms with van der Waals surface area (Å²) >= 11 is 3.23. The Labute approximate surface area is 111 Å². The van der Waals surface area contributed by atoms with Gasteiger partial charge in [-0.1, -0.05) is 15.9 Å². The molecule has 0 aromatic carbocycles. The molecule has 0 radical (unpaired) electrons. The summed E-state index contributed by atoms with van der Waals surface area (Å²) in [6.07, 6.45) is 1.73. The van der Waals surface area contributed by atoms with Crippen molar-refractivity contribution in [1.82, 2.24) is 5.32 Å². The van der Waals surface area contributed by atoms with E-state index in [4.69, 9.17) is 4.74 Å². The third-order valence-electron chi connectivity index (χ3n) is 2.45. The van der Waals surface area contributed by atoms with E-state index in [0.717, 1.165) is 11.6 Å². The van der Waals surface area contributed by atoms with Gasteiger partial charge >= 0.3 is 0 Å². The summed E-state index contributed by atoms with van der Waals surface area (Å²) in [5.74, 6) is -0.472. The van der Waals surface area contributed by atoms with Crippen LogP contribution in [0.3, 0.4) is 0 Å². The smallest absolute Gasteiger partial charge is 0.240 e. The Morgan fingerprint density at radius 1 is 1.35 bits per heavy atom. The standard InChI is InChI=1S/C10H20BrNO4S/c1-10(2,17(3,14)15)9(13)12-6-4-7-16-8-5-11/h4-8H2,1-3H3,(H,12,13). The maximum absolute atomic E-state index is 11.7. The van der Waals surface area contributed by atoms with Gasteiger partial charge in [-0.05, 0) is 20.3 Å². The Bertz CT molecular complexity index is 340. The third kappa shape index (κ3) is 5.83. The largest absolute Gasteiger partial charge is 0.381 e. The molecule has 0 bridgehead atoms. The van der Waals surface area contributed by atoms with Crippen molar-refractivity contribution in [2.24, 2.45) is 0 Å². The Morgan fingerprint density at radius 2 is 1.94 bits per heavy atom. The minimum absolute atomic E-state index is 0.417. The van der Waals surface area contributed by atoms with Gasteiger partial charge in [0.05, 0.1) is 6.61 Å². The van der Waals surface area contributed by atoms with Crippen LogP contribution < -0.4 is 5.32 Å². The highest BCUT2D eigenvalue weighted by molar-refractivity contribution is 9.09. The molecule has 17 heavy (non-hydrogen) atoms. The minimum atomic E-state index is -3.40. The van der Waals surface area contributed by atoms with E-state index in [9.17, 15) is 13.2 Å². The zero-order valence-corrected chi connectivity index (χ0v) is 12.9. The molecule has 0 heterocycles. The quantitative estimate of drug-likeness (QED) is 0.526. The maximum Gasteiger partial charge on any atom is 0.240 e. The number of ether oxygens (including phenoxy) is 1. The van der Waals surface area contributed by atoms with Crippen molar-refractivity contribution < 1.29 is 17.9 Å². The van der Waals surface area contributed by atoms with Crippen molar-refractivity contribution in [2.75, 3.05) is 31.3 Å². The highest BCUT2D eigenvalue weighted by Gasteiger charge is 2.37. The first-order chi connectivity index (χ1) is 7.73. The molecule has 102 valence electrons. The van der Waals surface area contributed by atoms with Crippen LogP contribution in [0.2, 0.25) is 0 Å². The number of sulfone groups is 1. The van der Waals surface area contributed by atoms with Crippen molar-refractivity contribution in [3.63, 3.8) is 0 Å². The van der Waals surface area contributed by atoms with Crippen LogP contribution in [0.25, 0.3) is 0 Å². The number of rotatable bonds is 8. The van der Waals surface area contributed by atoms with Crippen LogP contribution in [0.15, 0.2) is 0 Å². The van der Waals surface area contributed by atoms with Gasteiger partial charge in [-0.3, -0.25) is 4.79 Å². The summed E-state index contributed by atoms with van der Waals surface area (Å²) in [7, 11) is -3.40. The number of amides is 1.